The van der Waals surface area contributed by atoms with Crippen molar-refractivity contribution in [3.63, 3.8) is 0 Å². The molecule has 12 rings (SSSR count). The van der Waals surface area contributed by atoms with Gasteiger partial charge in [-0.25, -0.2) is 15.0 Å². The molecule has 0 aliphatic heterocycles. The minimum absolute atomic E-state index is 0.180. The average Bonchev–Trinajstić information content (AvgIpc) is 3.90. The van der Waals surface area contributed by atoms with Crippen LogP contribution in [0.25, 0.3) is 106 Å². The van der Waals surface area contributed by atoms with Crippen molar-refractivity contribution in [1.82, 2.24) is 19.5 Å². The van der Waals surface area contributed by atoms with Crippen molar-refractivity contribution in [3.8, 4) is 61.8 Å². The van der Waals surface area contributed by atoms with Gasteiger partial charge in [-0.15, -0.1) is 0 Å². The molecule has 0 saturated carbocycles. The number of aromatic nitrogens is 4. The Morgan fingerprint density at radius 1 is 0.460 bits per heavy atom. The number of nitrogens with zero attached hydrogens (tertiary/aromatic N) is 4. The van der Waals surface area contributed by atoms with E-state index in [-0.39, 0.29) is 5.92 Å². The maximum absolute atomic E-state index is 6.37. The van der Waals surface area contributed by atoms with Crippen LogP contribution in [-0.2, 0) is 0 Å². The Morgan fingerprint density at radius 2 is 1.05 bits per heavy atom. The molecule has 5 nitrogen and oxygen atoms in total. The van der Waals surface area contributed by atoms with Crippen molar-refractivity contribution in [2.75, 3.05) is 0 Å². The number of furan rings is 1. The number of hydrogen-bond donors (Lipinski definition) is 0. The summed E-state index contributed by atoms with van der Waals surface area (Å²) in [7, 11) is 0. The van der Waals surface area contributed by atoms with Gasteiger partial charge in [0.05, 0.1) is 11.0 Å². The molecule has 3 aromatic heterocycles. The predicted octanol–water partition coefficient (Wildman–Crippen LogP) is 13.1. The molecule has 1 aliphatic carbocycles. The molecule has 8 aromatic carbocycles. The highest BCUT2D eigenvalue weighted by Gasteiger charge is 2.24. The van der Waals surface area contributed by atoms with Crippen LogP contribution >= 0.6 is 0 Å². The van der Waals surface area contributed by atoms with Crippen LogP contribution in [0.5, 0.6) is 0 Å². The first-order valence-corrected chi connectivity index (χ1v) is 21.6. The number of fused-ring (bicyclic) bond motifs is 6. The number of benzene rings is 8. The van der Waals surface area contributed by atoms with Crippen LogP contribution in [0.4, 0.5) is 0 Å². The van der Waals surface area contributed by atoms with Gasteiger partial charge >= 0.3 is 0 Å². The van der Waals surface area contributed by atoms with Crippen LogP contribution in [0.1, 0.15) is 19.2 Å². The van der Waals surface area contributed by atoms with E-state index >= 15 is 0 Å². The van der Waals surface area contributed by atoms with Gasteiger partial charge in [-0.2, -0.15) is 0 Å². The molecule has 1 aliphatic rings. The van der Waals surface area contributed by atoms with E-state index in [2.05, 4.69) is 187 Å². The average molecular weight is 809 g/mol. The van der Waals surface area contributed by atoms with Crippen LogP contribution in [0, 0.1) is 5.92 Å². The highest BCUT2D eigenvalue weighted by molar-refractivity contribution is 6.17. The second-order valence-corrected chi connectivity index (χ2v) is 16.4. The quantitative estimate of drug-likeness (QED) is 0.161. The summed E-state index contributed by atoms with van der Waals surface area (Å²) >= 11 is 0. The van der Waals surface area contributed by atoms with E-state index in [0.29, 0.717) is 17.5 Å². The zero-order valence-electron chi connectivity index (χ0n) is 34.6. The molecular formula is C58H40N4O. The standard InChI is InChI=1S/C58H40N4O/c1-37-31-32-52-55(47-28-12-14-30-51(47)63-52)53(37)58-60-56(40-21-9-4-10-22-40)59-57(61-58)43-25-15-23-41(33-43)42-24-16-26-45(34-42)62-49-29-13-11-27-46(49)54-48(39-19-7-3-8-20-39)35-44(36-50(54)62)38-17-5-2-6-18-38/h2-30,32-37H,31H2,1H3. The molecule has 1 atom stereocenters. The van der Waals surface area contributed by atoms with E-state index in [0.717, 1.165) is 72.6 Å². The Hall–Kier alpha value is -8.15. The van der Waals surface area contributed by atoms with E-state index in [9.17, 15) is 0 Å². The van der Waals surface area contributed by atoms with Gasteiger partial charge in [0.25, 0.3) is 0 Å². The van der Waals surface area contributed by atoms with Crippen LogP contribution in [0.3, 0.4) is 0 Å². The Morgan fingerprint density at radius 3 is 1.83 bits per heavy atom. The summed E-state index contributed by atoms with van der Waals surface area (Å²) in [6.07, 6.45) is 3.04. The van der Waals surface area contributed by atoms with Gasteiger partial charge in [0, 0.05) is 43.8 Å². The topological polar surface area (TPSA) is 56.7 Å². The summed E-state index contributed by atoms with van der Waals surface area (Å²) in [4.78, 5) is 15.6. The smallest absolute Gasteiger partial charge is 0.164 e. The van der Waals surface area contributed by atoms with E-state index < -0.39 is 0 Å². The minimum Gasteiger partial charge on any atom is -0.456 e. The SMILES string of the molecule is CC1CC=c2oc3ccccc3c2=C1c1nc(-c2ccccc2)nc(-c2cccc(-c3cccc(-n4c5ccccc5c5c(-c6ccccc6)cc(-c6ccccc6)cc54)c3)c2)n1. The van der Waals surface area contributed by atoms with Gasteiger partial charge in [-0.3, -0.25) is 0 Å². The second kappa shape index (κ2) is 15.1. The molecule has 0 saturated heterocycles. The first-order chi connectivity index (χ1) is 31.1. The molecule has 1 unspecified atom stereocenters. The molecule has 11 aromatic rings. The fourth-order valence-corrected chi connectivity index (χ4v) is 9.49. The van der Waals surface area contributed by atoms with Crippen molar-refractivity contribution in [1.29, 1.82) is 0 Å². The van der Waals surface area contributed by atoms with Gasteiger partial charge in [-0.1, -0.05) is 165 Å². The lowest BCUT2D eigenvalue weighted by Gasteiger charge is -2.17. The van der Waals surface area contributed by atoms with Crippen LogP contribution in [0.2, 0.25) is 0 Å². The normalized spacial score (nSPS) is 13.7. The third-order valence-corrected chi connectivity index (χ3v) is 12.5. The summed E-state index contributed by atoms with van der Waals surface area (Å²) in [6.45, 7) is 2.25. The van der Waals surface area contributed by atoms with Gasteiger partial charge in [0.15, 0.2) is 17.5 Å². The molecule has 0 bridgehead atoms. The zero-order chi connectivity index (χ0) is 41.9. The lowest BCUT2D eigenvalue weighted by molar-refractivity contribution is 0.565. The molecule has 0 spiro atoms. The van der Waals surface area contributed by atoms with Gasteiger partial charge < -0.3 is 8.98 Å². The van der Waals surface area contributed by atoms with Crippen molar-refractivity contribution in [3.05, 3.63) is 217 Å². The summed E-state index contributed by atoms with van der Waals surface area (Å²) in [5, 5.41) is 4.60. The Kier molecular flexibility index (Phi) is 8.78. The van der Waals surface area contributed by atoms with Crippen molar-refractivity contribution in [2.45, 2.75) is 13.3 Å². The van der Waals surface area contributed by atoms with E-state index in [4.69, 9.17) is 19.4 Å². The molecule has 3 heterocycles. The van der Waals surface area contributed by atoms with E-state index in [1.54, 1.807) is 0 Å². The first kappa shape index (κ1) is 36.7. The zero-order valence-corrected chi connectivity index (χ0v) is 34.6. The molecule has 0 N–H and O–H groups in total. The van der Waals surface area contributed by atoms with Gasteiger partial charge in [0.2, 0.25) is 0 Å². The molecule has 0 radical (unpaired) electrons. The summed E-state index contributed by atoms with van der Waals surface area (Å²) in [5.74, 6) is 2.13. The van der Waals surface area contributed by atoms with E-state index in [1.807, 2.05) is 30.3 Å². The summed E-state index contributed by atoms with van der Waals surface area (Å²) < 4.78 is 8.80. The maximum Gasteiger partial charge on any atom is 0.164 e. The lowest BCUT2D eigenvalue weighted by Crippen LogP contribution is -2.31. The third-order valence-electron chi connectivity index (χ3n) is 12.5. The maximum atomic E-state index is 6.37. The molecular weight excluding hydrogens is 769 g/mol. The number of hydrogen-bond acceptors (Lipinski definition) is 4. The van der Waals surface area contributed by atoms with Crippen LogP contribution in [-0.4, -0.2) is 19.5 Å². The van der Waals surface area contributed by atoms with Crippen LogP contribution in [0.15, 0.2) is 205 Å². The Labute approximate surface area is 364 Å². The highest BCUT2D eigenvalue weighted by atomic mass is 16.3. The number of rotatable bonds is 7. The molecule has 0 fully saturated rings. The Balaban J connectivity index is 1.03. The van der Waals surface area contributed by atoms with Gasteiger partial charge in [-0.05, 0) is 94.3 Å². The van der Waals surface area contributed by atoms with Crippen LogP contribution < -0.4 is 10.6 Å². The summed E-state index contributed by atoms with van der Waals surface area (Å²) in [5.41, 5.74) is 15.0. The monoisotopic (exact) mass is 808 g/mol. The van der Waals surface area contributed by atoms with Crippen molar-refractivity contribution < 1.29 is 4.42 Å². The number of para-hydroxylation sites is 2. The third kappa shape index (κ3) is 6.36. The summed E-state index contributed by atoms with van der Waals surface area (Å²) in [6, 6.07) is 70.8. The lowest BCUT2D eigenvalue weighted by atomic mass is 9.90. The molecule has 63 heavy (non-hydrogen) atoms. The fraction of sp³-hybridized carbons (Fsp3) is 0.0517. The molecule has 5 heteroatoms. The first-order valence-electron chi connectivity index (χ1n) is 21.6. The van der Waals surface area contributed by atoms with Crippen molar-refractivity contribution >= 4 is 44.4 Å². The predicted molar refractivity (Wildman–Crippen MR) is 258 cm³/mol. The van der Waals surface area contributed by atoms with E-state index in [1.165, 1.54) is 33.0 Å². The highest BCUT2D eigenvalue weighted by Crippen LogP contribution is 2.42. The fourth-order valence-electron chi connectivity index (χ4n) is 9.49. The second-order valence-electron chi connectivity index (χ2n) is 16.4. The Bertz CT molecular complexity index is 3660. The molecule has 0 amide bonds. The largest absolute Gasteiger partial charge is 0.456 e. The minimum atomic E-state index is 0.180. The molecule has 298 valence electrons. The van der Waals surface area contributed by atoms with Crippen molar-refractivity contribution in [2.24, 2.45) is 5.92 Å². The van der Waals surface area contributed by atoms with Gasteiger partial charge in [0.1, 0.15) is 11.0 Å².